The molecular weight excluding hydrogens is 348 g/mol. The van der Waals surface area contributed by atoms with E-state index in [2.05, 4.69) is 10.3 Å². The molecule has 7 nitrogen and oxygen atoms in total. The summed E-state index contributed by atoms with van der Waals surface area (Å²) in [7, 11) is 0. The molecule has 1 unspecified atom stereocenters. The second-order valence-corrected chi connectivity index (χ2v) is 6.24. The highest BCUT2D eigenvalue weighted by Gasteiger charge is 2.17. The Labute approximate surface area is 157 Å². The van der Waals surface area contributed by atoms with Crippen molar-refractivity contribution in [1.29, 1.82) is 0 Å². The van der Waals surface area contributed by atoms with Crippen molar-refractivity contribution in [1.82, 2.24) is 10.3 Å². The predicted octanol–water partition coefficient (Wildman–Crippen LogP) is 2.49. The summed E-state index contributed by atoms with van der Waals surface area (Å²) < 4.78 is 15.8. The number of pyridine rings is 1. The maximum Gasteiger partial charge on any atom is 0.302 e. The average Bonchev–Trinajstić information content (AvgIpc) is 3.14. The van der Waals surface area contributed by atoms with Gasteiger partial charge in [0.05, 0.1) is 6.61 Å². The van der Waals surface area contributed by atoms with E-state index in [1.54, 1.807) is 24.4 Å². The number of hydrogen-bond acceptors (Lipinski definition) is 6. The van der Waals surface area contributed by atoms with Crippen LogP contribution in [-0.2, 0) is 16.0 Å². The number of carbonyl (C=O) groups excluding carboxylic acids is 2. The van der Waals surface area contributed by atoms with E-state index in [1.165, 1.54) is 6.92 Å². The van der Waals surface area contributed by atoms with Crippen molar-refractivity contribution in [2.24, 2.45) is 0 Å². The lowest BCUT2D eigenvalue weighted by Gasteiger charge is -2.18. The third kappa shape index (κ3) is 5.44. The normalized spacial score (nSPS) is 13.1. The molecule has 1 aromatic carbocycles. The van der Waals surface area contributed by atoms with E-state index in [9.17, 15) is 9.59 Å². The molecular formula is C20H22N2O5. The molecule has 0 spiro atoms. The minimum Gasteiger partial charge on any atom is -0.466 e. The quantitative estimate of drug-likeness (QED) is 0.719. The first-order chi connectivity index (χ1) is 13.1. The molecule has 1 aliphatic heterocycles. The van der Waals surface area contributed by atoms with E-state index in [0.29, 0.717) is 18.5 Å². The fraction of sp³-hybridized carbons (Fsp3) is 0.350. The van der Waals surface area contributed by atoms with Gasteiger partial charge in [-0.25, -0.2) is 0 Å². The van der Waals surface area contributed by atoms with Gasteiger partial charge in [0.2, 0.25) is 6.79 Å². The highest BCUT2D eigenvalue weighted by Crippen LogP contribution is 2.32. The van der Waals surface area contributed by atoms with E-state index in [1.807, 2.05) is 18.2 Å². The average molecular weight is 370 g/mol. The van der Waals surface area contributed by atoms with Crippen molar-refractivity contribution >= 4 is 11.9 Å². The third-order valence-electron chi connectivity index (χ3n) is 4.22. The molecule has 1 aromatic heterocycles. The Morgan fingerprint density at radius 2 is 2.04 bits per heavy atom. The Morgan fingerprint density at radius 1 is 1.19 bits per heavy atom. The number of ether oxygens (including phenoxy) is 3. The zero-order chi connectivity index (χ0) is 19.1. The number of amides is 1. The summed E-state index contributed by atoms with van der Waals surface area (Å²) in [6.45, 7) is 1.86. The Kier molecular flexibility index (Phi) is 6.25. The van der Waals surface area contributed by atoms with Crippen LogP contribution in [0, 0.1) is 0 Å². The van der Waals surface area contributed by atoms with Crippen LogP contribution in [0.2, 0.25) is 0 Å². The molecule has 27 heavy (non-hydrogen) atoms. The van der Waals surface area contributed by atoms with Crippen LogP contribution in [0.15, 0.2) is 42.6 Å². The number of aromatic nitrogens is 1. The van der Waals surface area contributed by atoms with E-state index in [4.69, 9.17) is 14.2 Å². The van der Waals surface area contributed by atoms with Crippen LogP contribution in [0.1, 0.15) is 35.8 Å². The number of fused-ring (bicyclic) bond motifs is 1. The molecule has 0 aliphatic carbocycles. The fourth-order valence-corrected chi connectivity index (χ4v) is 2.83. The molecule has 1 atom stereocenters. The van der Waals surface area contributed by atoms with E-state index < -0.39 is 0 Å². The highest BCUT2D eigenvalue weighted by atomic mass is 16.7. The Morgan fingerprint density at radius 3 is 2.81 bits per heavy atom. The summed E-state index contributed by atoms with van der Waals surface area (Å²) in [5.41, 5.74) is 1.45. The second-order valence-electron chi connectivity index (χ2n) is 6.24. The highest BCUT2D eigenvalue weighted by molar-refractivity contribution is 5.92. The summed E-state index contributed by atoms with van der Waals surface area (Å²) in [5.74, 6) is 0.907. The molecule has 142 valence electrons. The van der Waals surface area contributed by atoms with Gasteiger partial charge >= 0.3 is 5.97 Å². The van der Waals surface area contributed by atoms with Crippen LogP contribution in [0.5, 0.6) is 11.5 Å². The molecule has 1 aliphatic rings. The summed E-state index contributed by atoms with van der Waals surface area (Å²) in [6, 6.07) is 10.9. The maximum atomic E-state index is 12.4. The van der Waals surface area contributed by atoms with E-state index in [-0.39, 0.29) is 31.3 Å². The van der Waals surface area contributed by atoms with Gasteiger partial charge in [0, 0.05) is 25.6 Å². The molecule has 1 amide bonds. The molecule has 0 saturated heterocycles. The van der Waals surface area contributed by atoms with Gasteiger partial charge in [-0.2, -0.15) is 0 Å². The monoisotopic (exact) mass is 370 g/mol. The summed E-state index contributed by atoms with van der Waals surface area (Å²) in [6.07, 6.45) is 3.54. The van der Waals surface area contributed by atoms with Gasteiger partial charge in [0.15, 0.2) is 11.5 Å². The number of carbonyl (C=O) groups is 2. The van der Waals surface area contributed by atoms with Gasteiger partial charge in [-0.3, -0.25) is 14.6 Å². The SMILES string of the molecule is CC(=O)OCCC(CCc1ccc2c(c1)OCO2)NC(=O)c1ccccn1. The number of rotatable bonds is 8. The van der Waals surface area contributed by atoms with E-state index >= 15 is 0 Å². The predicted molar refractivity (Wildman–Crippen MR) is 97.6 cm³/mol. The van der Waals surface area contributed by atoms with Crippen LogP contribution in [-0.4, -0.2) is 36.3 Å². The molecule has 2 aromatic rings. The number of hydrogen-bond donors (Lipinski definition) is 1. The smallest absolute Gasteiger partial charge is 0.302 e. The van der Waals surface area contributed by atoms with Crippen molar-refractivity contribution in [3.63, 3.8) is 0 Å². The summed E-state index contributed by atoms with van der Waals surface area (Å²) in [5, 5.41) is 2.98. The van der Waals surface area contributed by atoms with Crippen molar-refractivity contribution in [3.05, 3.63) is 53.9 Å². The molecule has 0 saturated carbocycles. The number of nitrogens with one attached hydrogen (secondary N) is 1. The van der Waals surface area contributed by atoms with Gasteiger partial charge in [0.1, 0.15) is 5.69 Å². The molecule has 1 N–H and O–H groups in total. The van der Waals surface area contributed by atoms with E-state index in [0.717, 1.165) is 23.5 Å². The van der Waals surface area contributed by atoms with Crippen molar-refractivity contribution in [2.45, 2.75) is 32.2 Å². The third-order valence-corrected chi connectivity index (χ3v) is 4.22. The van der Waals surface area contributed by atoms with Crippen LogP contribution in [0.4, 0.5) is 0 Å². The van der Waals surface area contributed by atoms with Gasteiger partial charge in [-0.1, -0.05) is 12.1 Å². The first kappa shape index (κ1) is 18.7. The van der Waals surface area contributed by atoms with Crippen molar-refractivity contribution < 1.29 is 23.8 Å². The topological polar surface area (TPSA) is 86.8 Å². The van der Waals surface area contributed by atoms with Crippen molar-refractivity contribution in [2.75, 3.05) is 13.4 Å². The second kappa shape index (κ2) is 9.02. The van der Waals surface area contributed by atoms with Crippen LogP contribution >= 0.6 is 0 Å². The fourth-order valence-electron chi connectivity index (χ4n) is 2.83. The van der Waals surface area contributed by atoms with Crippen LogP contribution < -0.4 is 14.8 Å². The minimum absolute atomic E-state index is 0.149. The number of benzene rings is 1. The Bertz CT molecular complexity index is 794. The number of aryl methyl sites for hydroxylation is 1. The lowest BCUT2D eigenvalue weighted by molar-refractivity contribution is -0.141. The van der Waals surface area contributed by atoms with Gasteiger partial charge < -0.3 is 19.5 Å². The van der Waals surface area contributed by atoms with Crippen LogP contribution in [0.3, 0.4) is 0 Å². The summed E-state index contributed by atoms with van der Waals surface area (Å²) in [4.78, 5) is 27.5. The molecule has 0 radical (unpaired) electrons. The maximum absolute atomic E-state index is 12.4. The molecule has 3 rings (SSSR count). The van der Waals surface area contributed by atoms with Gasteiger partial charge in [-0.15, -0.1) is 0 Å². The van der Waals surface area contributed by atoms with Crippen LogP contribution in [0.25, 0.3) is 0 Å². The molecule has 0 bridgehead atoms. The largest absolute Gasteiger partial charge is 0.466 e. The first-order valence-electron chi connectivity index (χ1n) is 8.85. The van der Waals surface area contributed by atoms with Gasteiger partial charge in [0.25, 0.3) is 5.91 Å². The Balaban J connectivity index is 1.60. The first-order valence-corrected chi connectivity index (χ1v) is 8.85. The minimum atomic E-state index is -0.333. The lowest BCUT2D eigenvalue weighted by atomic mass is 10.0. The standard InChI is InChI=1S/C20H22N2O5/c1-14(23)25-11-9-16(22-20(24)17-4-2-3-10-21-17)7-5-15-6-8-18-19(12-15)27-13-26-18/h2-4,6,8,10,12,16H,5,7,9,11,13H2,1H3,(H,22,24). The molecule has 7 heteroatoms. The zero-order valence-corrected chi connectivity index (χ0v) is 15.1. The Hall–Kier alpha value is -3.09. The number of esters is 1. The van der Waals surface area contributed by atoms with Crippen molar-refractivity contribution in [3.8, 4) is 11.5 Å². The summed E-state index contributed by atoms with van der Waals surface area (Å²) >= 11 is 0. The molecule has 2 heterocycles. The number of nitrogens with zero attached hydrogens (tertiary/aromatic N) is 1. The zero-order valence-electron chi connectivity index (χ0n) is 15.1. The molecule has 0 fully saturated rings. The lowest BCUT2D eigenvalue weighted by Crippen LogP contribution is -2.36. The van der Waals surface area contributed by atoms with Gasteiger partial charge in [-0.05, 0) is 42.7 Å².